The number of aromatic nitrogens is 1. The number of rotatable bonds is 8. The Hall–Kier alpha value is -2.57. The minimum atomic E-state index is -0.230. The summed E-state index contributed by atoms with van der Waals surface area (Å²) < 4.78 is 13.5. The molecule has 1 amide bonds. The number of aliphatic imine (C=N–C) groups is 1. The van der Waals surface area contributed by atoms with Gasteiger partial charge in [0.15, 0.2) is 5.96 Å². The van der Waals surface area contributed by atoms with E-state index in [9.17, 15) is 9.18 Å². The lowest BCUT2D eigenvalue weighted by molar-refractivity contribution is -0.121. The molecule has 0 aliphatic heterocycles. The largest absolute Gasteiger partial charge is 0.361 e. The summed E-state index contributed by atoms with van der Waals surface area (Å²) in [5.41, 5.74) is 2.00. The highest BCUT2D eigenvalue weighted by atomic mass is 19.1. The molecule has 1 aromatic carbocycles. The molecule has 0 radical (unpaired) electrons. The van der Waals surface area contributed by atoms with Gasteiger partial charge in [0.25, 0.3) is 0 Å². The molecule has 28 heavy (non-hydrogen) atoms. The molecular weight excluding hydrogens is 357 g/mol. The third-order valence-corrected chi connectivity index (χ3v) is 5.09. The minimum absolute atomic E-state index is 0.0762. The molecule has 4 N–H and O–H groups in total. The fourth-order valence-corrected chi connectivity index (χ4v) is 3.65. The van der Waals surface area contributed by atoms with E-state index < -0.39 is 0 Å². The maximum Gasteiger partial charge on any atom is 0.222 e. The van der Waals surface area contributed by atoms with E-state index >= 15 is 0 Å². The topological polar surface area (TPSA) is 81.3 Å². The van der Waals surface area contributed by atoms with E-state index in [1.165, 1.54) is 18.9 Å². The lowest BCUT2D eigenvalue weighted by Crippen LogP contribution is -2.38. The van der Waals surface area contributed by atoms with Crippen LogP contribution in [-0.4, -0.2) is 42.5 Å². The van der Waals surface area contributed by atoms with Gasteiger partial charge in [-0.05, 0) is 49.9 Å². The van der Waals surface area contributed by atoms with Gasteiger partial charge in [-0.15, -0.1) is 0 Å². The lowest BCUT2D eigenvalue weighted by Gasteiger charge is -2.12. The van der Waals surface area contributed by atoms with Gasteiger partial charge in [-0.2, -0.15) is 0 Å². The van der Waals surface area contributed by atoms with Crippen molar-refractivity contribution in [2.75, 3.05) is 19.6 Å². The summed E-state index contributed by atoms with van der Waals surface area (Å²) in [4.78, 5) is 19.7. The standard InChI is InChI=1S/C21H30FN5O/c1-2-23-21(25-12-10-20(28)27-17-5-3-4-6-17)24-11-9-15-14-26-19-8-7-16(22)13-18(15)19/h7-8,13-14,17,26H,2-6,9-12H2,1H3,(H,27,28)(H2,23,24,25). The van der Waals surface area contributed by atoms with Crippen LogP contribution in [0.15, 0.2) is 29.4 Å². The number of nitrogens with one attached hydrogen (secondary N) is 4. The van der Waals surface area contributed by atoms with Gasteiger partial charge in [-0.25, -0.2) is 4.39 Å². The summed E-state index contributed by atoms with van der Waals surface area (Å²) in [6, 6.07) is 5.12. The Morgan fingerprint density at radius 3 is 2.89 bits per heavy atom. The number of H-pyrrole nitrogens is 1. The molecular formula is C21H30FN5O. The number of guanidine groups is 1. The normalized spacial score (nSPS) is 15.1. The van der Waals surface area contributed by atoms with Gasteiger partial charge >= 0.3 is 0 Å². The summed E-state index contributed by atoms with van der Waals surface area (Å²) in [6.45, 7) is 3.88. The summed E-state index contributed by atoms with van der Waals surface area (Å²) in [6.07, 6.45) is 7.67. The lowest BCUT2D eigenvalue weighted by atomic mass is 10.1. The summed E-state index contributed by atoms with van der Waals surface area (Å²) in [5.74, 6) is 0.543. The third-order valence-electron chi connectivity index (χ3n) is 5.09. The number of amides is 1. The van der Waals surface area contributed by atoms with Gasteiger partial charge in [0.05, 0.1) is 6.54 Å². The zero-order valence-corrected chi connectivity index (χ0v) is 16.5. The number of hydrogen-bond donors (Lipinski definition) is 4. The van der Waals surface area contributed by atoms with Crippen LogP contribution in [0, 0.1) is 5.82 Å². The smallest absolute Gasteiger partial charge is 0.222 e. The van der Waals surface area contributed by atoms with Gasteiger partial charge in [0, 0.05) is 42.7 Å². The van der Waals surface area contributed by atoms with Crippen molar-refractivity contribution in [2.24, 2.45) is 4.99 Å². The molecule has 0 unspecified atom stereocenters. The molecule has 0 spiro atoms. The fourth-order valence-electron chi connectivity index (χ4n) is 3.65. The first-order valence-electron chi connectivity index (χ1n) is 10.2. The van der Waals surface area contributed by atoms with Crippen molar-refractivity contribution < 1.29 is 9.18 Å². The van der Waals surface area contributed by atoms with Crippen molar-refractivity contribution in [3.8, 4) is 0 Å². The van der Waals surface area contributed by atoms with Crippen LogP contribution in [-0.2, 0) is 11.2 Å². The number of carbonyl (C=O) groups is 1. The monoisotopic (exact) mass is 387 g/mol. The molecule has 1 heterocycles. The van der Waals surface area contributed by atoms with Crippen molar-refractivity contribution in [1.29, 1.82) is 0 Å². The van der Waals surface area contributed by atoms with E-state index in [-0.39, 0.29) is 11.7 Å². The average molecular weight is 388 g/mol. The maximum atomic E-state index is 13.5. The number of aromatic amines is 1. The zero-order valence-electron chi connectivity index (χ0n) is 16.5. The van der Waals surface area contributed by atoms with Gasteiger partial charge in [-0.3, -0.25) is 9.79 Å². The number of halogens is 1. The van der Waals surface area contributed by atoms with Crippen molar-refractivity contribution in [3.05, 3.63) is 35.8 Å². The van der Waals surface area contributed by atoms with E-state index in [1.54, 1.807) is 12.1 Å². The molecule has 1 aliphatic carbocycles. The average Bonchev–Trinajstić information content (AvgIpc) is 3.31. The highest BCUT2D eigenvalue weighted by Crippen LogP contribution is 2.19. The van der Waals surface area contributed by atoms with Crippen molar-refractivity contribution >= 4 is 22.8 Å². The zero-order chi connectivity index (χ0) is 19.8. The number of benzene rings is 1. The van der Waals surface area contributed by atoms with Gasteiger partial charge in [-0.1, -0.05) is 12.8 Å². The molecule has 3 rings (SSSR count). The van der Waals surface area contributed by atoms with E-state index in [2.05, 4.69) is 25.9 Å². The molecule has 0 bridgehead atoms. The second kappa shape index (κ2) is 10.1. The fraction of sp³-hybridized carbons (Fsp3) is 0.524. The maximum absolute atomic E-state index is 13.5. The first kappa shape index (κ1) is 20.2. The van der Waals surface area contributed by atoms with E-state index in [0.29, 0.717) is 31.5 Å². The summed E-state index contributed by atoms with van der Waals surface area (Å²) >= 11 is 0. The van der Waals surface area contributed by atoms with Crippen molar-refractivity contribution in [2.45, 2.75) is 51.5 Å². The molecule has 6 nitrogen and oxygen atoms in total. The highest BCUT2D eigenvalue weighted by Gasteiger charge is 2.16. The van der Waals surface area contributed by atoms with Crippen LogP contribution in [0.2, 0.25) is 0 Å². The van der Waals surface area contributed by atoms with E-state index in [4.69, 9.17) is 0 Å². The van der Waals surface area contributed by atoms with Crippen LogP contribution in [0.4, 0.5) is 4.39 Å². The second-order valence-corrected chi connectivity index (χ2v) is 7.24. The Morgan fingerprint density at radius 2 is 2.11 bits per heavy atom. The molecule has 0 saturated heterocycles. The predicted octanol–water partition coefficient (Wildman–Crippen LogP) is 2.85. The SMILES string of the molecule is CCNC(=NCCC(=O)NC1CCCC1)NCCc1c[nH]c2ccc(F)cc12. The van der Waals surface area contributed by atoms with Crippen LogP contribution < -0.4 is 16.0 Å². The van der Waals surface area contributed by atoms with Gasteiger partial charge < -0.3 is 20.9 Å². The first-order valence-corrected chi connectivity index (χ1v) is 10.2. The van der Waals surface area contributed by atoms with Crippen LogP contribution >= 0.6 is 0 Å². The Balaban J connectivity index is 1.46. The molecule has 1 fully saturated rings. The third kappa shape index (κ3) is 5.71. The van der Waals surface area contributed by atoms with Crippen molar-refractivity contribution in [1.82, 2.24) is 20.9 Å². The molecule has 2 aromatic rings. The number of hydrogen-bond acceptors (Lipinski definition) is 2. The van der Waals surface area contributed by atoms with Crippen LogP contribution in [0.5, 0.6) is 0 Å². The van der Waals surface area contributed by atoms with Gasteiger partial charge in [0.1, 0.15) is 5.82 Å². The first-order chi connectivity index (χ1) is 13.7. The summed E-state index contributed by atoms with van der Waals surface area (Å²) in [5, 5.41) is 10.5. The molecule has 1 aliphatic rings. The Bertz CT molecular complexity index is 810. The van der Waals surface area contributed by atoms with E-state index in [0.717, 1.165) is 42.3 Å². The minimum Gasteiger partial charge on any atom is -0.361 e. The molecule has 1 saturated carbocycles. The Morgan fingerprint density at radius 1 is 1.29 bits per heavy atom. The number of fused-ring (bicyclic) bond motifs is 1. The highest BCUT2D eigenvalue weighted by molar-refractivity contribution is 5.83. The molecule has 152 valence electrons. The number of carbonyl (C=O) groups excluding carboxylic acids is 1. The summed E-state index contributed by atoms with van der Waals surface area (Å²) in [7, 11) is 0. The Labute approximate surface area is 165 Å². The van der Waals surface area contributed by atoms with Crippen molar-refractivity contribution in [3.63, 3.8) is 0 Å². The van der Waals surface area contributed by atoms with Gasteiger partial charge in [0.2, 0.25) is 5.91 Å². The second-order valence-electron chi connectivity index (χ2n) is 7.24. The molecule has 7 heteroatoms. The molecule has 0 atom stereocenters. The van der Waals surface area contributed by atoms with E-state index in [1.807, 2.05) is 13.1 Å². The van der Waals surface area contributed by atoms with Crippen LogP contribution in [0.1, 0.15) is 44.6 Å². The number of nitrogens with zero attached hydrogens (tertiary/aromatic N) is 1. The predicted molar refractivity (Wildman–Crippen MR) is 111 cm³/mol. The van der Waals surface area contributed by atoms with Crippen LogP contribution in [0.25, 0.3) is 10.9 Å². The Kier molecular flexibility index (Phi) is 7.28. The van der Waals surface area contributed by atoms with Crippen LogP contribution in [0.3, 0.4) is 0 Å². The quantitative estimate of drug-likeness (QED) is 0.415. The molecule has 1 aromatic heterocycles.